The molecule has 7 heteroatoms. The second kappa shape index (κ2) is 6.55. The first-order valence-corrected chi connectivity index (χ1v) is 8.52. The highest BCUT2D eigenvalue weighted by molar-refractivity contribution is 7.88. The molecule has 1 aromatic rings. The normalized spacial score (nSPS) is 15.3. The van der Waals surface area contributed by atoms with Crippen molar-refractivity contribution in [3.05, 3.63) is 35.4 Å². The Morgan fingerprint density at radius 2 is 2.14 bits per heavy atom. The van der Waals surface area contributed by atoms with Crippen LogP contribution in [0.2, 0.25) is 0 Å². The molecule has 116 valence electrons. The summed E-state index contributed by atoms with van der Waals surface area (Å²) in [6.07, 6.45) is 2.37. The molecule has 0 saturated heterocycles. The minimum atomic E-state index is -3.45. The van der Waals surface area contributed by atoms with Crippen LogP contribution in [-0.4, -0.2) is 50.6 Å². The van der Waals surface area contributed by atoms with E-state index in [0.29, 0.717) is 24.7 Å². The molecule has 1 aliphatic carbocycles. The van der Waals surface area contributed by atoms with Crippen molar-refractivity contribution in [1.29, 1.82) is 0 Å². The minimum absolute atomic E-state index is 0.0937. The van der Waals surface area contributed by atoms with E-state index >= 15 is 0 Å². The Hall–Kier alpha value is -1.44. The number of nitrogens with zero attached hydrogens (tertiary/aromatic N) is 1. The van der Waals surface area contributed by atoms with Crippen molar-refractivity contribution in [2.75, 3.05) is 20.1 Å². The van der Waals surface area contributed by atoms with E-state index in [-0.39, 0.29) is 11.3 Å². The van der Waals surface area contributed by atoms with Crippen molar-refractivity contribution in [1.82, 2.24) is 9.62 Å². The summed E-state index contributed by atoms with van der Waals surface area (Å²) in [5, 5.41) is 8.90. The van der Waals surface area contributed by atoms with Gasteiger partial charge >= 0.3 is 5.97 Å². The molecule has 6 nitrogen and oxygen atoms in total. The summed E-state index contributed by atoms with van der Waals surface area (Å²) in [6.45, 7) is 1.05. The van der Waals surface area contributed by atoms with E-state index < -0.39 is 16.0 Å². The van der Waals surface area contributed by atoms with Crippen molar-refractivity contribution >= 4 is 16.0 Å². The van der Waals surface area contributed by atoms with Gasteiger partial charge in [0, 0.05) is 19.1 Å². The van der Waals surface area contributed by atoms with Crippen molar-refractivity contribution < 1.29 is 18.3 Å². The van der Waals surface area contributed by atoms with Crippen LogP contribution in [0.15, 0.2) is 24.3 Å². The molecule has 1 aromatic carbocycles. The maximum absolute atomic E-state index is 12.0. The number of rotatable bonds is 8. The van der Waals surface area contributed by atoms with Crippen LogP contribution >= 0.6 is 0 Å². The molecule has 21 heavy (non-hydrogen) atoms. The zero-order chi connectivity index (χ0) is 15.5. The van der Waals surface area contributed by atoms with Gasteiger partial charge in [-0.15, -0.1) is 0 Å². The Bertz CT molecular complexity index is 611. The largest absolute Gasteiger partial charge is 0.478 e. The fourth-order valence-corrected chi connectivity index (χ4v) is 3.26. The third-order valence-electron chi connectivity index (χ3n) is 3.49. The van der Waals surface area contributed by atoms with Gasteiger partial charge in [-0.3, -0.25) is 0 Å². The summed E-state index contributed by atoms with van der Waals surface area (Å²) in [5.41, 5.74) is 0.564. The maximum atomic E-state index is 12.0. The first-order valence-electron chi connectivity index (χ1n) is 6.87. The van der Waals surface area contributed by atoms with Crippen LogP contribution in [0.1, 0.15) is 28.8 Å². The number of nitrogens with one attached hydrogen (secondary N) is 1. The van der Waals surface area contributed by atoms with E-state index in [1.807, 2.05) is 7.05 Å². The molecule has 0 atom stereocenters. The lowest BCUT2D eigenvalue weighted by Gasteiger charge is -2.15. The van der Waals surface area contributed by atoms with Crippen molar-refractivity contribution in [2.45, 2.75) is 24.6 Å². The average molecular weight is 312 g/mol. The fraction of sp³-hybridized carbons (Fsp3) is 0.500. The summed E-state index contributed by atoms with van der Waals surface area (Å²) < 4.78 is 26.5. The molecule has 1 fully saturated rings. The second-order valence-electron chi connectivity index (χ2n) is 5.37. The molecule has 1 aliphatic rings. The van der Waals surface area contributed by atoms with Crippen LogP contribution in [0.4, 0.5) is 0 Å². The van der Waals surface area contributed by atoms with E-state index in [1.54, 1.807) is 12.1 Å². The van der Waals surface area contributed by atoms with Crippen molar-refractivity contribution in [2.24, 2.45) is 0 Å². The van der Waals surface area contributed by atoms with Crippen molar-refractivity contribution in [3.8, 4) is 0 Å². The monoisotopic (exact) mass is 312 g/mol. The smallest absolute Gasteiger partial charge is 0.335 e. The molecular weight excluding hydrogens is 292 g/mol. The van der Waals surface area contributed by atoms with Gasteiger partial charge in [-0.2, -0.15) is 0 Å². The van der Waals surface area contributed by atoms with E-state index in [1.165, 1.54) is 25.0 Å². The van der Waals surface area contributed by atoms with Gasteiger partial charge < -0.3 is 10.0 Å². The zero-order valence-electron chi connectivity index (χ0n) is 11.9. The fourth-order valence-electron chi connectivity index (χ4n) is 2.14. The first kappa shape index (κ1) is 15.9. The highest BCUT2D eigenvalue weighted by atomic mass is 32.2. The molecule has 0 radical (unpaired) electrons. The Morgan fingerprint density at radius 3 is 2.76 bits per heavy atom. The van der Waals surface area contributed by atoms with Gasteiger partial charge in [0.1, 0.15) is 0 Å². The Morgan fingerprint density at radius 1 is 1.43 bits per heavy atom. The number of aromatic carboxylic acids is 1. The second-order valence-corrected chi connectivity index (χ2v) is 7.18. The van der Waals surface area contributed by atoms with E-state index in [0.717, 1.165) is 0 Å². The summed E-state index contributed by atoms with van der Waals surface area (Å²) in [6, 6.07) is 6.59. The van der Waals surface area contributed by atoms with Crippen LogP contribution < -0.4 is 4.72 Å². The summed E-state index contributed by atoms with van der Waals surface area (Å²) in [5.74, 6) is -1.27. The van der Waals surface area contributed by atoms with E-state index in [2.05, 4.69) is 9.62 Å². The lowest BCUT2D eigenvalue weighted by atomic mass is 10.1. The van der Waals surface area contributed by atoms with Gasteiger partial charge in [0.05, 0.1) is 11.3 Å². The number of carboxylic acid groups (broad SMARTS) is 1. The standard InChI is InChI=1S/C14H20N2O4S/c1-16(13-5-6-13)8-7-15-21(19,20)10-11-3-2-4-12(9-11)14(17)18/h2-4,9,13,15H,5-8,10H2,1H3,(H,17,18). The molecule has 0 aliphatic heterocycles. The topological polar surface area (TPSA) is 86.7 Å². The number of hydrogen-bond acceptors (Lipinski definition) is 4. The van der Waals surface area contributed by atoms with Gasteiger partial charge in [0.15, 0.2) is 0 Å². The van der Waals surface area contributed by atoms with E-state index in [4.69, 9.17) is 5.11 Å². The molecule has 1 saturated carbocycles. The molecule has 0 spiro atoms. The Kier molecular flexibility index (Phi) is 4.97. The van der Waals surface area contributed by atoms with E-state index in [9.17, 15) is 13.2 Å². The highest BCUT2D eigenvalue weighted by Gasteiger charge is 2.25. The number of likely N-dealkylation sites (N-methyl/N-ethyl adjacent to an activating group) is 1. The van der Waals surface area contributed by atoms with Crippen LogP contribution in [0.3, 0.4) is 0 Å². The predicted molar refractivity (Wildman–Crippen MR) is 79.7 cm³/mol. The third-order valence-corrected chi connectivity index (χ3v) is 4.84. The summed E-state index contributed by atoms with van der Waals surface area (Å²) in [4.78, 5) is 13.0. The van der Waals surface area contributed by atoms with Crippen LogP contribution in [-0.2, 0) is 15.8 Å². The molecule has 0 unspecified atom stereocenters. The zero-order valence-corrected chi connectivity index (χ0v) is 12.8. The van der Waals surface area contributed by atoms with Crippen molar-refractivity contribution in [3.63, 3.8) is 0 Å². The molecule has 0 aromatic heterocycles. The molecule has 2 N–H and O–H groups in total. The number of carbonyl (C=O) groups is 1. The third kappa shape index (κ3) is 5.11. The predicted octanol–water partition coefficient (Wildman–Crippen LogP) is 0.898. The summed E-state index contributed by atoms with van der Waals surface area (Å²) in [7, 11) is -1.46. The molecule has 0 heterocycles. The Labute approximate surface area is 124 Å². The molecule has 0 amide bonds. The quantitative estimate of drug-likeness (QED) is 0.745. The number of carboxylic acids is 1. The number of sulfonamides is 1. The van der Waals surface area contributed by atoms with Crippen LogP contribution in [0.5, 0.6) is 0 Å². The molecule has 2 rings (SSSR count). The van der Waals surface area contributed by atoms with Gasteiger partial charge in [-0.1, -0.05) is 12.1 Å². The first-order chi connectivity index (χ1) is 9.87. The maximum Gasteiger partial charge on any atom is 0.335 e. The van der Waals surface area contributed by atoms with Gasteiger partial charge in [-0.05, 0) is 37.6 Å². The van der Waals surface area contributed by atoms with Gasteiger partial charge in [-0.25, -0.2) is 17.9 Å². The molecular formula is C14H20N2O4S. The highest BCUT2D eigenvalue weighted by Crippen LogP contribution is 2.24. The van der Waals surface area contributed by atoms with Crippen LogP contribution in [0.25, 0.3) is 0 Å². The van der Waals surface area contributed by atoms with Gasteiger partial charge in [0.25, 0.3) is 0 Å². The number of benzene rings is 1. The average Bonchev–Trinajstić information content (AvgIpc) is 3.22. The van der Waals surface area contributed by atoms with Gasteiger partial charge in [0.2, 0.25) is 10.0 Å². The minimum Gasteiger partial charge on any atom is -0.478 e. The lowest BCUT2D eigenvalue weighted by molar-refractivity contribution is 0.0696. The number of hydrogen-bond donors (Lipinski definition) is 2. The van der Waals surface area contributed by atoms with Crippen LogP contribution in [0, 0.1) is 0 Å². The molecule has 0 bridgehead atoms. The summed E-state index contributed by atoms with van der Waals surface area (Å²) >= 11 is 0. The lowest BCUT2D eigenvalue weighted by Crippen LogP contribution is -2.34. The SMILES string of the molecule is CN(CCNS(=O)(=O)Cc1cccc(C(=O)O)c1)C1CC1. The Balaban J connectivity index is 1.87.